The first-order valence-electron chi connectivity index (χ1n) is 7.73. The van der Waals surface area contributed by atoms with E-state index >= 15 is 0 Å². The minimum Gasteiger partial charge on any atom is -0.494 e. The molecule has 1 fully saturated rings. The second-order valence-corrected chi connectivity index (χ2v) is 7.48. The molecule has 0 unspecified atom stereocenters. The third-order valence-corrected chi connectivity index (χ3v) is 5.07. The summed E-state index contributed by atoms with van der Waals surface area (Å²) in [6, 6.07) is 4.70. The molecule has 1 saturated heterocycles. The van der Waals surface area contributed by atoms with E-state index in [0.29, 0.717) is 30.1 Å². The number of hydrogen-bond acceptors (Lipinski definition) is 6. The Bertz CT molecular complexity index is 692. The van der Waals surface area contributed by atoms with Crippen molar-refractivity contribution in [3.63, 3.8) is 0 Å². The molecule has 0 saturated carbocycles. The van der Waals surface area contributed by atoms with Gasteiger partial charge in [-0.2, -0.15) is 0 Å². The van der Waals surface area contributed by atoms with Crippen LogP contribution in [0.1, 0.15) is 19.8 Å². The zero-order valence-corrected chi connectivity index (χ0v) is 14.6. The Balaban J connectivity index is 2.08. The second-order valence-electron chi connectivity index (χ2n) is 5.47. The molecule has 1 aromatic rings. The zero-order chi connectivity index (χ0) is 17.7. The SMILES string of the molecule is CCS(=O)(=O)Nc1ccc(NC(=O)[C@@H]2CC[C@H](CN)O2)cc1OC. The summed E-state index contributed by atoms with van der Waals surface area (Å²) in [7, 11) is -1.99. The highest BCUT2D eigenvalue weighted by Gasteiger charge is 2.30. The first-order chi connectivity index (χ1) is 11.4. The molecule has 0 aliphatic carbocycles. The Morgan fingerprint density at radius 3 is 2.75 bits per heavy atom. The van der Waals surface area contributed by atoms with Crippen molar-refractivity contribution < 1.29 is 22.7 Å². The second kappa shape index (κ2) is 7.82. The standard InChI is InChI=1S/C15H23N3O5S/c1-3-24(20,21)18-12-6-4-10(8-14(12)22-2)17-15(19)13-7-5-11(9-16)23-13/h4,6,8,11,13,18H,3,5,7,9,16H2,1-2H3,(H,17,19)/t11-,13+/m1/s1. The molecule has 1 aliphatic rings. The van der Waals surface area contributed by atoms with Gasteiger partial charge >= 0.3 is 0 Å². The van der Waals surface area contributed by atoms with Gasteiger partial charge in [-0.25, -0.2) is 8.42 Å². The molecular formula is C15H23N3O5S. The maximum absolute atomic E-state index is 12.2. The fourth-order valence-corrected chi connectivity index (χ4v) is 3.04. The summed E-state index contributed by atoms with van der Waals surface area (Å²) in [5, 5.41) is 2.75. The van der Waals surface area contributed by atoms with E-state index in [1.807, 2.05) is 0 Å². The zero-order valence-electron chi connectivity index (χ0n) is 13.7. The highest BCUT2D eigenvalue weighted by molar-refractivity contribution is 7.92. The first-order valence-corrected chi connectivity index (χ1v) is 9.38. The van der Waals surface area contributed by atoms with Crippen LogP contribution in [0.2, 0.25) is 0 Å². The molecule has 1 aromatic carbocycles. The average molecular weight is 357 g/mol. The molecule has 8 nitrogen and oxygen atoms in total. The van der Waals surface area contributed by atoms with Crippen molar-refractivity contribution in [1.82, 2.24) is 0 Å². The largest absolute Gasteiger partial charge is 0.494 e. The molecule has 1 amide bonds. The van der Waals surface area contributed by atoms with Gasteiger partial charge in [-0.1, -0.05) is 0 Å². The van der Waals surface area contributed by atoms with Crippen LogP contribution in [0.25, 0.3) is 0 Å². The van der Waals surface area contributed by atoms with Crippen molar-refractivity contribution in [2.24, 2.45) is 5.73 Å². The van der Waals surface area contributed by atoms with Crippen molar-refractivity contribution in [1.29, 1.82) is 0 Å². The normalized spacial score (nSPS) is 20.6. The van der Waals surface area contributed by atoms with Crippen molar-refractivity contribution in [2.75, 3.05) is 29.4 Å². The van der Waals surface area contributed by atoms with Gasteiger partial charge in [0, 0.05) is 18.3 Å². The highest BCUT2D eigenvalue weighted by Crippen LogP contribution is 2.29. The Morgan fingerprint density at radius 1 is 1.42 bits per heavy atom. The number of methoxy groups -OCH3 is 1. The number of carbonyl (C=O) groups is 1. The van der Waals surface area contributed by atoms with Gasteiger partial charge in [0.2, 0.25) is 10.0 Å². The number of ether oxygens (including phenoxy) is 2. The molecule has 0 radical (unpaired) electrons. The van der Waals surface area contributed by atoms with Crippen molar-refractivity contribution >= 4 is 27.3 Å². The molecule has 9 heteroatoms. The van der Waals surface area contributed by atoms with Crippen LogP contribution in [0.4, 0.5) is 11.4 Å². The highest BCUT2D eigenvalue weighted by atomic mass is 32.2. The van der Waals surface area contributed by atoms with E-state index in [1.54, 1.807) is 25.1 Å². The number of benzene rings is 1. The maximum Gasteiger partial charge on any atom is 0.253 e. The van der Waals surface area contributed by atoms with Gasteiger partial charge in [-0.05, 0) is 31.9 Å². The van der Waals surface area contributed by atoms with Gasteiger partial charge in [-0.15, -0.1) is 0 Å². The van der Waals surface area contributed by atoms with E-state index in [-0.39, 0.29) is 17.8 Å². The predicted octanol–water partition coefficient (Wildman–Crippen LogP) is 0.902. The average Bonchev–Trinajstić information content (AvgIpc) is 3.05. The van der Waals surface area contributed by atoms with Crippen molar-refractivity contribution in [3.8, 4) is 5.75 Å². The van der Waals surface area contributed by atoms with E-state index in [1.165, 1.54) is 7.11 Å². The van der Waals surface area contributed by atoms with Crippen molar-refractivity contribution in [3.05, 3.63) is 18.2 Å². The molecule has 24 heavy (non-hydrogen) atoms. The number of rotatable bonds is 7. The minimum absolute atomic E-state index is 0.0457. The van der Waals surface area contributed by atoms with Gasteiger partial charge < -0.3 is 20.5 Å². The fourth-order valence-electron chi connectivity index (χ4n) is 2.39. The lowest BCUT2D eigenvalue weighted by molar-refractivity contribution is -0.126. The number of anilines is 2. The number of amides is 1. The van der Waals surface area contributed by atoms with Crippen LogP contribution in [-0.2, 0) is 19.6 Å². The number of nitrogens with one attached hydrogen (secondary N) is 2. The molecule has 1 aliphatic heterocycles. The molecule has 0 spiro atoms. The van der Waals surface area contributed by atoms with Gasteiger partial charge in [-0.3, -0.25) is 9.52 Å². The van der Waals surface area contributed by atoms with Crippen LogP contribution in [0.3, 0.4) is 0 Å². The summed E-state index contributed by atoms with van der Waals surface area (Å²) in [4.78, 5) is 12.2. The van der Waals surface area contributed by atoms with Gasteiger partial charge in [0.1, 0.15) is 11.9 Å². The number of hydrogen-bond donors (Lipinski definition) is 3. The Morgan fingerprint density at radius 2 is 2.17 bits per heavy atom. The number of carbonyl (C=O) groups excluding carboxylic acids is 1. The van der Waals surface area contributed by atoms with Gasteiger partial charge in [0.25, 0.3) is 5.91 Å². The third-order valence-electron chi connectivity index (χ3n) is 3.78. The van der Waals surface area contributed by atoms with Crippen LogP contribution in [0, 0.1) is 0 Å². The molecule has 2 atom stereocenters. The topological polar surface area (TPSA) is 120 Å². The first kappa shape index (κ1) is 18.5. The van der Waals surface area contributed by atoms with E-state index < -0.39 is 16.1 Å². The fraction of sp³-hybridized carbons (Fsp3) is 0.533. The summed E-state index contributed by atoms with van der Waals surface area (Å²) in [6.07, 6.45) is 0.776. The quantitative estimate of drug-likeness (QED) is 0.667. The molecular weight excluding hydrogens is 334 g/mol. The Kier molecular flexibility index (Phi) is 6.03. The van der Waals surface area contributed by atoms with Crippen molar-refractivity contribution in [2.45, 2.75) is 32.0 Å². The smallest absolute Gasteiger partial charge is 0.253 e. The number of sulfonamides is 1. The third kappa shape index (κ3) is 4.59. The van der Waals surface area contributed by atoms with Gasteiger partial charge in [0.15, 0.2) is 0 Å². The Labute approximate surface area is 141 Å². The van der Waals surface area contributed by atoms with E-state index in [0.717, 1.165) is 6.42 Å². The van der Waals surface area contributed by atoms with Crippen LogP contribution in [0.5, 0.6) is 5.75 Å². The summed E-state index contributed by atoms with van der Waals surface area (Å²) >= 11 is 0. The van der Waals surface area contributed by atoms with E-state index in [9.17, 15) is 13.2 Å². The lowest BCUT2D eigenvalue weighted by Gasteiger charge is -2.15. The minimum atomic E-state index is -3.41. The van der Waals surface area contributed by atoms with Crippen LogP contribution in [0.15, 0.2) is 18.2 Å². The lowest BCUT2D eigenvalue weighted by atomic mass is 10.2. The molecule has 134 valence electrons. The number of nitrogens with two attached hydrogens (primary N) is 1. The summed E-state index contributed by atoms with van der Waals surface area (Å²) in [6.45, 7) is 1.93. The molecule has 0 bridgehead atoms. The molecule has 1 heterocycles. The molecule has 0 aromatic heterocycles. The van der Waals surface area contributed by atoms with Crippen LogP contribution < -0.4 is 20.5 Å². The van der Waals surface area contributed by atoms with Crippen LogP contribution >= 0.6 is 0 Å². The summed E-state index contributed by atoms with van der Waals surface area (Å²) in [5.41, 5.74) is 6.35. The van der Waals surface area contributed by atoms with E-state index in [2.05, 4.69) is 10.0 Å². The van der Waals surface area contributed by atoms with E-state index in [4.69, 9.17) is 15.2 Å². The van der Waals surface area contributed by atoms with Crippen LogP contribution in [-0.4, -0.2) is 45.9 Å². The molecule has 2 rings (SSSR count). The monoisotopic (exact) mass is 357 g/mol. The Hall–Kier alpha value is -1.84. The lowest BCUT2D eigenvalue weighted by Crippen LogP contribution is -2.29. The predicted molar refractivity (Wildman–Crippen MR) is 91.7 cm³/mol. The molecule has 4 N–H and O–H groups in total. The summed E-state index contributed by atoms with van der Waals surface area (Å²) in [5.74, 6) is 0.0163. The summed E-state index contributed by atoms with van der Waals surface area (Å²) < 4.78 is 36.5. The van der Waals surface area contributed by atoms with Gasteiger partial charge in [0.05, 0.1) is 24.7 Å². The maximum atomic E-state index is 12.2.